The van der Waals surface area contributed by atoms with E-state index in [1.807, 2.05) is 12.1 Å². The van der Waals surface area contributed by atoms with Gasteiger partial charge in [0.25, 0.3) is 0 Å². The largest absolute Gasteiger partial charge is 0.399 e. The fraction of sp³-hybridized carbons (Fsp3) is 0.133. The maximum Gasteiger partial charge on any atom is 0.230 e. The number of nitrogens with two attached hydrogens (primary N) is 1. The van der Waals surface area contributed by atoms with Crippen LogP contribution in [0.2, 0.25) is 0 Å². The van der Waals surface area contributed by atoms with Gasteiger partial charge in [-0.3, -0.25) is 4.79 Å². The van der Waals surface area contributed by atoms with Gasteiger partial charge >= 0.3 is 0 Å². The number of hydrogen-bond acceptors (Lipinski definition) is 3. The number of carbonyl (C=O) groups is 1. The predicted octanol–water partition coefficient (Wildman–Crippen LogP) is 2.82. The van der Waals surface area contributed by atoms with E-state index in [0.29, 0.717) is 18.0 Å². The van der Waals surface area contributed by atoms with Gasteiger partial charge in [0.15, 0.2) is 0 Å². The molecular formula is C15H15FN2OS. The van der Waals surface area contributed by atoms with Gasteiger partial charge in [-0.15, -0.1) is 11.8 Å². The molecule has 104 valence electrons. The van der Waals surface area contributed by atoms with E-state index < -0.39 is 0 Å². The Labute approximate surface area is 121 Å². The summed E-state index contributed by atoms with van der Waals surface area (Å²) in [5.74, 6) is 0.000565. The third-order valence-corrected chi connectivity index (χ3v) is 3.66. The van der Waals surface area contributed by atoms with Crippen LogP contribution >= 0.6 is 11.8 Å². The lowest BCUT2D eigenvalue weighted by atomic mass is 10.2. The van der Waals surface area contributed by atoms with Crippen molar-refractivity contribution in [2.75, 3.05) is 11.5 Å². The zero-order valence-electron chi connectivity index (χ0n) is 10.8. The Balaban J connectivity index is 1.75. The van der Waals surface area contributed by atoms with E-state index in [1.165, 1.54) is 23.9 Å². The Bertz CT molecular complexity index is 518. The van der Waals surface area contributed by atoms with Crippen LogP contribution in [0.1, 0.15) is 5.56 Å². The first-order valence-electron chi connectivity index (χ1n) is 6.13. The summed E-state index contributed by atoms with van der Waals surface area (Å²) in [6.45, 7) is 0.404. The van der Waals surface area contributed by atoms with Crippen LogP contribution in [0.15, 0.2) is 53.4 Å². The Kier molecular flexibility index (Phi) is 5.01. The molecule has 0 radical (unpaired) electrons. The van der Waals surface area contributed by atoms with Crippen LogP contribution in [0, 0.1) is 5.82 Å². The number of halogens is 1. The summed E-state index contributed by atoms with van der Waals surface area (Å²) in [6, 6.07) is 13.4. The first kappa shape index (κ1) is 14.4. The van der Waals surface area contributed by atoms with Crippen LogP contribution in [-0.2, 0) is 11.3 Å². The fourth-order valence-corrected chi connectivity index (χ4v) is 2.30. The van der Waals surface area contributed by atoms with E-state index in [4.69, 9.17) is 5.73 Å². The molecule has 0 unspecified atom stereocenters. The van der Waals surface area contributed by atoms with Crippen LogP contribution in [0.5, 0.6) is 0 Å². The second-order valence-corrected chi connectivity index (χ2v) is 5.31. The molecular weight excluding hydrogens is 275 g/mol. The van der Waals surface area contributed by atoms with Crippen molar-refractivity contribution < 1.29 is 9.18 Å². The minimum atomic E-state index is -0.279. The molecule has 0 aliphatic carbocycles. The molecule has 3 N–H and O–H groups in total. The minimum Gasteiger partial charge on any atom is -0.399 e. The highest BCUT2D eigenvalue weighted by Gasteiger charge is 2.03. The number of hydrogen-bond donors (Lipinski definition) is 2. The third kappa shape index (κ3) is 4.59. The summed E-state index contributed by atoms with van der Waals surface area (Å²) in [6.07, 6.45) is 0. The van der Waals surface area contributed by atoms with E-state index in [0.717, 1.165) is 10.5 Å². The average Bonchev–Trinajstić information content (AvgIpc) is 2.46. The zero-order valence-corrected chi connectivity index (χ0v) is 11.6. The Hall–Kier alpha value is -2.01. The van der Waals surface area contributed by atoms with Gasteiger partial charge in [-0.25, -0.2) is 4.39 Å². The van der Waals surface area contributed by atoms with Crippen molar-refractivity contribution in [3.05, 3.63) is 59.9 Å². The average molecular weight is 290 g/mol. The maximum atomic E-state index is 12.7. The van der Waals surface area contributed by atoms with Crippen molar-refractivity contribution >= 4 is 23.4 Å². The Morgan fingerprint density at radius 2 is 1.75 bits per heavy atom. The molecule has 5 heteroatoms. The topological polar surface area (TPSA) is 55.1 Å². The van der Waals surface area contributed by atoms with Gasteiger partial charge in [0.1, 0.15) is 5.82 Å². The zero-order chi connectivity index (χ0) is 14.4. The third-order valence-electron chi connectivity index (χ3n) is 2.65. The first-order chi connectivity index (χ1) is 9.63. The Morgan fingerprint density at radius 3 is 2.40 bits per heavy atom. The van der Waals surface area contributed by atoms with Crippen molar-refractivity contribution in [1.82, 2.24) is 5.32 Å². The molecule has 0 aliphatic rings. The number of thioether (sulfide) groups is 1. The van der Waals surface area contributed by atoms with Crippen molar-refractivity contribution in [3.63, 3.8) is 0 Å². The van der Waals surface area contributed by atoms with Crippen molar-refractivity contribution in [1.29, 1.82) is 0 Å². The van der Waals surface area contributed by atoms with Crippen LogP contribution in [0.3, 0.4) is 0 Å². The van der Waals surface area contributed by atoms with E-state index in [1.54, 1.807) is 24.3 Å². The number of amides is 1. The fourth-order valence-electron chi connectivity index (χ4n) is 1.57. The smallest absolute Gasteiger partial charge is 0.230 e. The number of benzene rings is 2. The van der Waals surface area contributed by atoms with E-state index in [9.17, 15) is 9.18 Å². The predicted molar refractivity (Wildman–Crippen MR) is 79.8 cm³/mol. The van der Waals surface area contributed by atoms with E-state index in [2.05, 4.69) is 5.32 Å². The summed E-state index contributed by atoms with van der Waals surface area (Å²) >= 11 is 1.45. The summed E-state index contributed by atoms with van der Waals surface area (Å²) in [5, 5.41) is 2.79. The molecule has 20 heavy (non-hydrogen) atoms. The molecule has 1 amide bonds. The van der Waals surface area contributed by atoms with Crippen molar-refractivity contribution in [2.24, 2.45) is 0 Å². The van der Waals surface area contributed by atoms with Gasteiger partial charge in [-0.2, -0.15) is 0 Å². The molecule has 0 bridgehead atoms. The summed E-state index contributed by atoms with van der Waals surface area (Å²) in [7, 11) is 0. The molecule has 0 atom stereocenters. The number of nitrogen functional groups attached to an aromatic ring is 1. The number of rotatable bonds is 5. The van der Waals surface area contributed by atoms with Crippen molar-refractivity contribution in [3.8, 4) is 0 Å². The van der Waals surface area contributed by atoms with Gasteiger partial charge in [0.2, 0.25) is 5.91 Å². The quantitative estimate of drug-likeness (QED) is 0.657. The normalized spacial score (nSPS) is 10.2. The SMILES string of the molecule is Nc1ccc(SCC(=O)NCc2ccc(F)cc2)cc1. The lowest BCUT2D eigenvalue weighted by Gasteiger charge is -2.05. The van der Waals surface area contributed by atoms with Crippen LogP contribution in [0.4, 0.5) is 10.1 Å². The molecule has 2 aromatic carbocycles. The second kappa shape index (κ2) is 6.96. The summed E-state index contributed by atoms with van der Waals surface area (Å²) in [5.41, 5.74) is 7.17. The number of carbonyl (C=O) groups excluding carboxylic acids is 1. The van der Waals surface area contributed by atoms with Gasteiger partial charge in [-0.05, 0) is 42.0 Å². The van der Waals surface area contributed by atoms with Crippen LogP contribution in [0.25, 0.3) is 0 Å². The van der Waals surface area contributed by atoms with Crippen LogP contribution < -0.4 is 11.1 Å². The molecule has 2 rings (SSSR count). The van der Waals surface area contributed by atoms with Crippen LogP contribution in [-0.4, -0.2) is 11.7 Å². The molecule has 0 saturated heterocycles. The maximum absolute atomic E-state index is 12.7. The lowest BCUT2D eigenvalue weighted by Crippen LogP contribution is -2.24. The number of nitrogens with one attached hydrogen (secondary N) is 1. The molecule has 3 nitrogen and oxygen atoms in total. The Morgan fingerprint density at radius 1 is 1.10 bits per heavy atom. The molecule has 0 aromatic heterocycles. The van der Waals surface area contributed by atoms with E-state index in [-0.39, 0.29) is 11.7 Å². The summed E-state index contributed by atoms with van der Waals surface area (Å²) in [4.78, 5) is 12.7. The molecule has 0 spiro atoms. The first-order valence-corrected chi connectivity index (χ1v) is 7.11. The standard InChI is InChI=1S/C15H15FN2OS/c16-12-3-1-11(2-4-12)9-18-15(19)10-20-14-7-5-13(17)6-8-14/h1-8H,9-10,17H2,(H,18,19). The minimum absolute atomic E-state index is 0.0591. The molecule has 0 heterocycles. The summed E-state index contributed by atoms with van der Waals surface area (Å²) < 4.78 is 12.7. The van der Waals surface area contributed by atoms with Gasteiger partial charge in [0, 0.05) is 17.1 Å². The molecule has 0 aliphatic heterocycles. The van der Waals surface area contributed by atoms with Gasteiger partial charge < -0.3 is 11.1 Å². The van der Waals surface area contributed by atoms with Gasteiger partial charge in [-0.1, -0.05) is 12.1 Å². The molecule has 2 aromatic rings. The monoisotopic (exact) mass is 290 g/mol. The highest BCUT2D eigenvalue weighted by Crippen LogP contribution is 2.18. The van der Waals surface area contributed by atoms with Crippen molar-refractivity contribution in [2.45, 2.75) is 11.4 Å². The lowest BCUT2D eigenvalue weighted by molar-refractivity contribution is -0.118. The number of anilines is 1. The highest BCUT2D eigenvalue weighted by molar-refractivity contribution is 8.00. The van der Waals surface area contributed by atoms with Gasteiger partial charge in [0.05, 0.1) is 5.75 Å². The van der Waals surface area contributed by atoms with E-state index >= 15 is 0 Å². The second-order valence-electron chi connectivity index (χ2n) is 4.26. The molecule has 0 saturated carbocycles. The highest BCUT2D eigenvalue weighted by atomic mass is 32.2. The molecule has 0 fully saturated rings.